The molecule has 0 fully saturated rings. The number of nitrogens with one attached hydrogen (secondary N) is 1. The molecule has 35 heavy (non-hydrogen) atoms. The third-order valence-corrected chi connectivity index (χ3v) is 6.44. The lowest BCUT2D eigenvalue weighted by Gasteiger charge is -2.16. The molecule has 1 aromatic carbocycles. The lowest BCUT2D eigenvalue weighted by molar-refractivity contribution is 0.100. The number of nitrogens with two attached hydrogens (primary N) is 1. The van der Waals surface area contributed by atoms with E-state index in [9.17, 15) is 14.8 Å². The van der Waals surface area contributed by atoms with Crippen LogP contribution >= 0.6 is 0 Å². The summed E-state index contributed by atoms with van der Waals surface area (Å²) < 4.78 is 1.82. The Morgan fingerprint density at radius 3 is 2.74 bits per heavy atom. The van der Waals surface area contributed by atoms with Gasteiger partial charge in [0, 0.05) is 24.0 Å². The van der Waals surface area contributed by atoms with Crippen LogP contribution in [0.3, 0.4) is 0 Å². The van der Waals surface area contributed by atoms with E-state index < -0.39 is 13.0 Å². The van der Waals surface area contributed by atoms with Crippen LogP contribution in [0.2, 0.25) is 0 Å². The molecule has 5 rings (SSSR count). The molecule has 1 amide bonds. The second kappa shape index (κ2) is 9.48. The van der Waals surface area contributed by atoms with E-state index in [1.165, 1.54) is 0 Å². The van der Waals surface area contributed by atoms with Crippen molar-refractivity contribution in [2.75, 3.05) is 5.32 Å². The van der Waals surface area contributed by atoms with Crippen molar-refractivity contribution in [3.8, 4) is 11.5 Å². The summed E-state index contributed by atoms with van der Waals surface area (Å²) in [6.45, 7) is 2.35. The number of primary amides is 1. The second-order valence-corrected chi connectivity index (χ2v) is 8.88. The summed E-state index contributed by atoms with van der Waals surface area (Å²) in [4.78, 5) is 26.4. The van der Waals surface area contributed by atoms with E-state index >= 15 is 0 Å². The molecule has 0 radical (unpaired) electrons. The van der Waals surface area contributed by atoms with Crippen molar-refractivity contribution in [1.82, 2.24) is 19.4 Å². The number of carbonyl (C=O) groups excluding carboxylic acids is 1. The molecule has 9 nitrogen and oxygen atoms in total. The third kappa shape index (κ3) is 4.50. The number of aromatic nitrogens is 4. The van der Waals surface area contributed by atoms with Gasteiger partial charge in [0.15, 0.2) is 5.82 Å². The highest BCUT2D eigenvalue weighted by Gasteiger charge is 2.22. The molecule has 3 heterocycles. The molecule has 0 spiro atoms. The lowest BCUT2D eigenvalue weighted by atomic mass is 9.79. The van der Waals surface area contributed by atoms with Gasteiger partial charge in [-0.1, -0.05) is 30.7 Å². The fourth-order valence-corrected chi connectivity index (χ4v) is 4.72. The first-order chi connectivity index (χ1) is 16.9. The summed E-state index contributed by atoms with van der Waals surface area (Å²) >= 11 is 0. The molecule has 0 unspecified atom stereocenters. The maximum atomic E-state index is 11.9. The first kappa shape index (κ1) is 23.0. The van der Waals surface area contributed by atoms with Gasteiger partial charge in [-0.25, -0.2) is 15.0 Å². The summed E-state index contributed by atoms with van der Waals surface area (Å²) in [7, 11) is -1.51. The second-order valence-electron chi connectivity index (χ2n) is 8.88. The summed E-state index contributed by atoms with van der Waals surface area (Å²) in [6.07, 6.45) is 6.88. The van der Waals surface area contributed by atoms with Crippen LogP contribution in [-0.4, -0.2) is 42.4 Å². The van der Waals surface area contributed by atoms with Gasteiger partial charge in [0.1, 0.15) is 17.2 Å². The zero-order chi connectivity index (χ0) is 24.5. The average Bonchev–Trinajstić information content (AvgIpc) is 3.00. The quantitative estimate of drug-likeness (QED) is 0.249. The number of rotatable bonds is 6. The van der Waals surface area contributed by atoms with Gasteiger partial charge in [-0.3, -0.25) is 9.20 Å². The van der Waals surface area contributed by atoms with Crippen molar-refractivity contribution in [1.29, 1.82) is 0 Å². The van der Waals surface area contributed by atoms with E-state index in [1.54, 1.807) is 30.3 Å². The SMILES string of the molecule is Cc1nc2c(C(N)=O)cccn2c1-c1nc2c(c(NCc3cccc(B(O)O)c3)n1)CCCCC2. The number of benzene rings is 1. The van der Waals surface area contributed by atoms with E-state index in [-0.39, 0.29) is 0 Å². The molecular weight excluding hydrogens is 443 g/mol. The minimum absolute atomic E-state index is 0.348. The monoisotopic (exact) mass is 470 g/mol. The maximum Gasteiger partial charge on any atom is 0.488 e. The summed E-state index contributed by atoms with van der Waals surface area (Å²) in [6, 6.07) is 10.6. The van der Waals surface area contributed by atoms with Crippen molar-refractivity contribution >= 4 is 30.0 Å². The van der Waals surface area contributed by atoms with Crippen LogP contribution < -0.4 is 16.5 Å². The minimum atomic E-state index is -1.51. The highest BCUT2D eigenvalue weighted by atomic mass is 16.4. The van der Waals surface area contributed by atoms with Crippen molar-refractivity contribution in [3.63, 3.8) is 0 Å². The summed E-state index contributed by atoms with van der Waals surface area (Å²) in [5.41, 5.74) is 11.3. The molecule has 1 aliphatic rings. The first-order valence-electron chi connectivity index (χ1n) is 11.8. The number of hydrogen-bond acceptors (Lipinski definition) is 7. The molecule has 0 saturated heterocycles. The normalized spacial score (nSPS) is 13.3. The van der Waals surface area contributed by atoms with Crippen LogP contribution in [-0.2, 0) is 19.4 Å². The molecule has 0 saturated carbocycles. The Hall–Kier alpha value is -3.76. The van der Waals surface area contributed by atoms with Crippen LogP contribution in [0.25, 0.3) is 17.2 Å². The van der Waals surface area contributed by atoms with Crippen LogP contribution in [0.1, 0.15) is 52.1 Å². The van der Waals surface area contributed by atoms with Gasteiger partial charge < -0.3 is 21.1 Å². The standard InChI is InChI=1S/C25H27BN6O3/c1-15-21(32-12-6-10-19(22(27)33)25(32)29-15)24-30-20-11-4-2-3-9-18(20)23(31-24)28-14-16-7-5-8-17(13-16)26(34)35/h5-8,10,12-13,34-35H,2-4,9,11,14H2,1H3,(H2,27,33)(H,28,30,31). The number of carbonyl (C=O) groups is 1. The van der Waals surface area contributed by atoms with Crippen LogP contribution in [0.5, 0.6) is 0 Å². The van der Waals surface area contributed by atoms with Gasteiger partial charge in [0.2, 0.25) is 0 Å². The van der Waals surface area contributed by atoms with E-state index in [2.05, 4.69) is 10.3 Å². The number of hydrogen-bond donors (Lipinski definition) is 4. The Morgan fingerprint density at radius 1 is 1.11 bits per heavy atom. The van der Waals surface area contributed by atoms with Crippen LogP contribution in [0.15, 0.2) is 42.6 Å². The first-order valence-corrected chi connectivity index (χ1v) is 11.8. The zero-order valence-corrected chi connectivity index (χ0v) is 19.5. The average molecular weight is 470 g/mol. The van der Waals surface area contributed by atoms with Crippen LogP contribution in [0, 0.1) is 6.92 Å². The summed E-state index contributed by atoms with van der Waals surface area (Å²) in [5, 5.41) is 22.5. The number of aryl methyl sites for hydroxylation is 2. The Kier molecular flexibility index (Phi) is 6.23. The fourth-order valence-electron chi connectivity index (χ4n) is 4.72. The predicted octanol–water partition coefficient (Wildman–Crippen LogP) is 1.76. The predicted molar refractivity (Wildman–Crippen MR) is 134 cm³/mol. The molecule has 5 N–H and O–H groups in total. The smallest absolute Gasteiger partial charge is 0.423 e. The van der Waals surface area contributed by atoms with Crippen LogP contribution in [0.4, 0.5) is 5.82 Å². The third-order valence-electron chi connectivity index (χ3n) is 6.44. The molecule has 3 aromatic heterocycles. The molecule has 1 aliphatic carbocycles. The molecule has 178 valence electrons. The highest BCUT2D eigenvalue weighted by molar-refractivity contribution is 6.58. The van der Waals surface area contributed by atoms with E-state index in [0.717, 1.165) is 60.4 Å². The van der Waals surface area contributed by atoms with Crippen molar-refractivity contribution in [3.05, 3.63) is 70.7 Å². The lowest BCUT2D eigenvalue weighted by Crippen LogP contribution is -2.30. The minimum Gasteiger partial charge on any atom is -0.423 e. The van der Waals surface area contributed by atoms with Gasteiger partial charge in [0.05, 0.1) is 11.3 Å². The number of amides is 1. The fraction of sp³-hybridized carbons (Fsp3) is 0.280. The number of imidazole rings is 1. The zero-order valence-electron chi connectivity index (χ0n) is 19.5. The number of fused-ring (bicyclic) bond motifs is 2. The Balaban J connectivity index is 1.59. The van der Waals surface area contributed by atoms with E-state index in [0.29, 0.717) is 34.7 Å². The molecule has 4 aromatic rings. The number of nitrogens with zero attached hydrogens (tertiary/aromatic N) is 4. The van der Waals surface area contributed by atoms with Gasteiger partial charge in [-0.15, -0.1) is 0 Å². The Morgan fingerprint density at radius 2 is 1.94 bits per heavy atom. The number of pyridine rings is 1. The molecule has 0 aliphatic heterocycles. The van der Waals surface area contributed by atoms with E-state index in [1.807, 2.05) is 23.6 Å². The summed E-state index contributed by atoms with van der Waals surface area (Å²) in [5.74, 6) is 0.772. The van der Waals surface area contributed by atoms with Crippen molar-refractivity contribution in [2.45, 2.75) is 45.6 Å². The molecule has 0 atom stereocenters. The van der Waals surface area contributed by atoms with E-state index in [4.69, 9.17) is 15.7 Å². The topological polar surface area (TPSA) is 139 Å². The number of anilines is 1. The highest BCUT2D eigenvalue weighted by Crippen LogP contribution is 2.30. The Labute approximate surface area is 203 Å². The van der Waals surface area contributed by atoms with Crippen molar-refractivity contribution in [2.24, 2.45) is 5.73 Å². The van der Waals surface area contributed by atoms with Gasteiger partial charge >= 0.3 is 7.12 Å². The molecule has 10 heteroatoms. The van der Waals surface area contributed by atoms with Gasteiger partial charge in [-0.05, 0) is 55.8 Å². The van der Waals surface area contributed by atoms with Crippen molar-refractivity contribution < 1.29 is 14.8 Å². The Bertz CT molecular complexity index is 1420. The largest absolute Gasteiger partial charge is 0.488 e. The van der Waals surface area contributed by atoms with Gasteiger partial charge in [0.25, 0.3) is 5.91 Å². The molecular formula is C25H27BN6O3. The maximum absolute atomic E-state index is 11.9. The van der Waals surface area contributed by atoms with Gasteiger partial charge in [-0.2, -0.15) is 0 Å². The molecule has 0 bridgehead atoms.